The highest BCUT2D eigenvalue weighted by atomic mass is 32.2. The van der Waals surface area contributed by atoms with Gasteiger partial charge in [-0.05, 0) is 53.6 Å². The van der Waals surface area contributed by atoms with Crippen molar-refractivity contribution < 1.29 is 0 Å². The van der Waals surface area contributed by atoms with Gasteiger partial charge in [0.15, 0.2) is 0 Å². The van der Waals surface area contributed by atoms with Crippen LogP contribution in [0.2, 0.25) is 0 Å². The lowest BCUT2D eigenvalue weighted by Gasteiger charge is -2.11. The highest BCUT2D eigenvalue weighted by molar-refractivity contribution is 7.45. The Kier molecular flexibility index (Phi) is 5.58. The first kappa shape index (κ1) is 24.6. The summed E-state index contributed by atoms with van der Waals surface area (Å²) >= 11 is 3.82. The molecule has 5 aromatic carbocycles. The molecule has 0 spiro atoms. The normalized spacial score (nSPS) is 11.7. The van der Waals surface area contributed by atoms with Crippen molar-refractivity contribution in [3.63, 3.8) is 0 Å². The fourth-order valence-electron chi connectivity index (χ4n) is 6.24. The second-order valence-electron chi connectivity index (χ2n) is 10.8. The van der Waals surface area contributed by atoms with E-state index in [1.54, 1.807) is 0 Å². The summed E-state index contributed by atoms with van der Waals surface area (Å²) in [5, 5.41) is 3.99. The van der Waals surface area contributed by atoms with Crippen LogP contribution < -0.4 is 0 Å². The molecule has 0 saturated carbocycles. The lowest BCUT2D eigenvalue weighted by atomic mass is 9.99. The van der Waals surface area contributed by atoms with Crippen molar-refractivity contribution in [3.05, 3.63) is 146 Å². The Bertz CT molecular complexity index is 2380. The minimum atomic E-state index is 0.979. The maximum absolute atomic E-state index is 5.11. The monoisotopic (exact) mass is 584 g/mol. The minimum Gasteiger partial charge on any atom is -0.308 e. The van der Waals surface area contributed by atoms with Crippen LogP contribution in [0, 0.1) is 0 Å². The van der Waals surface area contributed by atoms with Gasteiger partial charge in [-0.3, -0.25) is 0 Å². The van der Waals surface area contributed by atoms with E-state index in [4.69, 9.17) is 4.98 Å². The Labute approximate surface area is 256 Å². The molecular formula is C39H24N2S2. The summed E-state index contributed by atoms with van der Waals surface area (Å²) in [6, 6.07) is 52.0. The molecule has 2 nitrogen and oxygen atoms in total. The number of aromatic nitrogens is 2. The molecule has 9 aromatic rings. The van der Waals surface area contributed by atoms with E-state index in [2.05, 4.69) is 150 Å². The molecule has 0 unspecified atom stereocenters. The first-order valence-electron chi connectivity index (χ1n) is 14.4. The van der Waals surface area contributed by atoms with E-state index < -0.39 is 0 Å². The van der Waals surface area contributed by atoms with Crippen molar-refractivity contribution in [1.82, 2.24) is 9.55 Å². The van der Waals surface area contributed by atoms with Crippen molar-refractivity contribution in [1.29, 1.82) is 0 Å². The fourth-order valence-corrected chi connectivity index (χ4v) is 8.92. The Balaban J connectivity index is 1.33. The molecule has 0 aliphatic rings. The van der Waals surface area contributed by atoms with Gasteiger partial charge < -0.3 is 4.57 Å². The summed E-state index contributed by atoms with van der Waals surface area (Å²) in [4.78, 5) is 5.11. The molecule has 0 aliphatic heterocycles. The first-order valence-corrected chi connectivity index (χ1v) is 16.0. The third-order valence-electron chi connectivity index (χ3n) is 8.23. The number of fused-ring (bicyclic) bond motifs is 7. The average molecular weight is 585 g/mol. The summed E-state index contributed by atoms with van der Waals surface area (Å²) in [6.07, 6.45) is 0. The standard InChI is InChI=1S/C39H24N2S2/c1-4-12-25(13-5-1)32-23-28(24-33(40-32)26-14-6-2-7-15-26)27-20-21-34-31(22-27)38-37(41(34)29-16-8-3-9-17-29)36-30-18-10-11-19-35(30)42-39(36)43-38/h1-24H. The maximum Gasteiger partial charge on any atom is 0.0906 e. The molecule has 4 heterocycles. The Morgan fingerprint density at radius 2 is 1.12 bits per heavy atom. The molecule has 9 rings (SSSR count). The van der Waals surface area contributed by atoms with Crippen LogP contribution in [0.4, 0.5) is 0 Å². The zero-order chi connectivity index (χ0) is 28.3. The highest BCUT2D eigenvalue weighted by Gasteiger charge is 2.21. The van der Waals surface area contributed by atoms with Crippen LogP contribution in [0.5, 0.6) is 0 Å². The molecule has 0 bridgehead atoms. The molecule has 43 heavy (non-hydrogen) atoms. The third kappa shape index (κ3) is 3.95. The van der Waals surface area contributed by atoms with Gasteiger partial charge in [0, 0.05) is 37.7 Å². The molecule has 0 atom stereocenters. The number of rotatable bonds is 4. The van der Waals surface area contributed by atoms with E-state index in [1.807, 2.05) is 22.7 Å². The van der Waals surface area contributed by atoms with Crippen LogP contribution >= 0.6 is 22.7 Å². The van der Waals surface area contributed by atoms with E-state index >= 15 is 0 Å². The van der Waals surface area contributed by atoms with Crippen LogP contribution in [0.3, 0.4) is 0 Å². The zero-order valence-electron chi connectivity index (χ0n) is 23.1. The topological polar surface area (TPSA) is 17.8 Å². The Morgan fingerprint density at radius 1 is 0.488 bits per heavy atom. The van der Waals surface area contributed by atoms with Gasteiger partial charge in [0.25, 0.3) is 0 Å². The van der Waals surface area contributed by atoms with E-state index in [0.29, 0.717) is 0 Å². The zero-order valence-corrected chi connectivity index (χ0v) is 24.7. The predicted molar refractivity (Wildman–Crippen MR) is 186 cm³/mol. The van der Waals surface area contributed by atoms with Gasteiger partial charge in [0.1, 0.15) is 0 Å². The van der Waals surface area contributed by atoms with Gasteiger partial charge in [-0.1, -0.05) is 103 Å². The summed E-state index contributed by atoms with van der Waals surface area (Å²) in [5.74, 6) is 0. The molecule has 4 aromatic heterocycles. The number of nitrogens with zero attached hydrogens (tertiary/aromatic N) is 2. The molecule has 0 radical (unpaired) electrons. The van der Waals surface area contributed by atoms with Gasteiger partial charge in [-0.15, -0.1) is 22.7 Å². The smallest absolute Gasteiger partial charge is 0.0906 e. The predicted octanol–water partition coefficient (Wildman–Crippen LogP) is 11.6. The molecular weight excluding hydrogens is 561 g/mol. The molecule has 0 saturated heterocycles. The number of hydrogen-bond donors (Lipinski definition) is 0. The summed E-state index contributed by atoms with van der Waals surface area (Å²) < 4.78 is 6.53. The Hall–Kier alpha value is -5.03. The van der Waals surface area contributed by atoms with Crippen LogP contribution in [0.1, 0.15) is 0 Å². The van der Waals surface area contributed by atoms with Crippen molar-refractivity contribution in [2.45, 2.75) is 0 Å². The average Bonchev–Trinajstić information content (AvgIpc) is 3.72. The van der Waals surface area contributed by atoms with Gasteiger partial charge in [-0.2, -0.15) is 0 Å². The minimum absolute atomic E-state index is 0.979. The highest BCUT2D eigenvalue weighted by Crippen LogP contribution is 2.49. The van der Waals surface area contributed by atoms with E-state index in [9.17, 15) is 0 Å². The van der Waals surface area contributed by atoms with Crippen molar-refractivity contribution >= 4 is 63.3 Å². The molecule has 0 fully saturated rings. The molecule has 202 valence electrons. The number of para-hydroxylation sites is 1. The molecule has 0 amide bonds. The van der Waals surface area contributed by atoms with E-state index in [0.717, 1.165) is 22.5 Å². The van der Waals surface area contributed by atoms with E-state index in [-0.39, 0.29) is 0 Å². The van der Waals surface area contributed by atoms with Crippen LogP contribution in [0.15, 0.2) is 146 Å². The summed E-state index contributed by atoms with van der Waals surface area (Å²) in [6.45, 7) is 0. The number of thiophene rings is 2. The van der Waals surface area contributed by atoms with Crippen molar-refractivity contribution in [3.8, 4) is 39.3 Å². The van der Waals surface area contributed by atoms with Gasteiger partial charge in [0.2, 0.25) is 0 Å². The first-order chi connectivity index (χ1) is 21.3. The van der Waals surface area contributed by atoms with E-state index in [1.165, 1.54) is 57.4 Å². The summed E-state index contributed by atoms with van der Waals surface area (Å²) in [7, 11) is 0. The quantitative estimate of drug-likeness (QED) is 0.201. The molecule has 0 aliphatic carbocycles. The summed E-state index contributed by atoms with van der Waals surface area (Å²) in [5.41, 5.74) is 10.3. The van der Waals surface area contributed by atoms with Crippen molar-refractivity contribution in [2.24, 2.45) is 0 Å². The second-order valence-corrected chi connectivity index (χ2v) is 13.1. The van der Waals surface area contributed by atoms with Crippen LogP contribution in [-0.2, 0) is 0 Å². The van der Waals surface area contributed by atoms with Crippen LogP contribution in [-0.4, -0.2) is 9.55 Å². The van der Waals surface area contributed by atoms with Gasteiger partial charge >= 0.3 is 0 Å². The fraction of sp³-hybridized carbons (Fsp3) is 0. The lowest BCUT2D eigenvalue weighted by molar-refractivity contribution is 1.19. The Morgan fingerprint density at radius 3 is 1.81 bits per heavy atom. The van der Waals surface area contributed by atoms with Gasteiger partial charge in [0.05, 0.1) is 31.1 Å². The van der Waals surface area contributed by atoms with Crippen molar-refractivity contribution in [2.75, 3.05) is 0 Å². The SMILES string of the molecule is c1ccc(-c2cc(-c3ccc4c(c3)c3sc5sc6ccccc6c5c3n4-c3ccccc3)cc(-c3ccccc3)n2)cc1. The molecule has 4 heteroatoms. The number of benzene rings is 5. The van der Waals surface area contributed by atoms with Gasteiger partial charge in [-0.25, -0.2) is 4.98 Å². The maximum atomic E-state index is 5.11. The van der Waals surface area contributed by atoms with Crippen LogP contribution in [0.25, 0.3) is 79.9 Å². The third-order valence-corrected chi connectivity index (χ3v) is 10.7. The largest absolute Gasteiger partial charge is 0.308 e. The second kappa shape index (κ2) is 9.77. The lowest BCUT2D eigenvalue weighted by Crippen LogP contribution is -1.93. The number of pyridine rings is 1. The molecule has 0 N–H and O–H groups in total. The number of hydrogen-bond acceptors (Lipinski definition) is 3.